The standard InChI is InChI=1S/C28H31NO15/c1-11(23(34)35)41-25(38)15(43-26(39)20(33)19(32)24(36)37)10-17(31)42-14-5-6-28(40)16-9-12-3-4-13(30)21-18(12)27(28,22(14)44-21)7-8-29(16)2/h3-5,11,15-16,19-20,22,30,32-33,40H,6-10H2,1-2H3,(H,34,35)(H,36,37)/t11-,15-,16-,19+,20+,22-,27-,28+/m0/s1. The van der Waals surface area contributed by atoms with Crippen molar-refractivity contribution in [2.24, 2.45) is 0 Å². The van der Waals surface area contributed by atoms with E-state index in [0.29, 0.717) is 24.9 Å². The van der Waals surface area contributed by atoms with Crippen molar-refractivity contribution in [1.82, 2.24) is 4.90 Å². The van der Waals surface area contributed by atoms with Gasteiger partial charge in [-0.3, -0.25) is 4.79 Å². The molecule has 16 nitrogen and oxygen atoms in total. The zero-order valence-corrected chi connectivity index (χ0v) is 23.5. The van der Waals surface area contributed by atoms with Gasteiger partial charge < -0.3 is 54.5 Å². The van der Waals surface area contributed by atoms with Crippen LogP contribution in [0.5, 0.6) is 11.5 Å². The number of benzene rings is 1. The van der Waals surface area contributed by atoms with Crippen LogP contribution in [0, 0.1) is 0 Å². The number of carbonyl (C=O) groups excluding carboxylic acids is 3. The summed E-state index contributed by atoms with van der Waals surface area (Å²) in [6, 6.07) is 2.92. The Hall–Kier alpha value is -4.25. The number of ether oxygens (including phenoxy) is 4. The van der Waals surface area contributed by atoms with E-state index in [1.807, 2.05) is 11.9 Å². The smallest absolute Gasteiger partial charge is 0.348 e. The first-order valence-electron chi connectivity index (χ1n) is 13.7. The maximum atomic E-state index is 13.2. The predicted octanol–water partition coefficient (Wildman–Crippen LogP) is -1.66. The highest BCUT2D eigenvalue weighted by Crippen LogP contribution is 2.65. The monoisotopic (exact) mass is 621 g/mol. The molecule has 0 saturated carbocycles. The molecule has 1 aromatic rings. The Balaban J connectivity index is 1.41. The molecule has 2 heterocycles. The lowest BCUT2D eigenvalue weighted by molar-refractivity contribution is -0.186. The molecule has 0 aromatic heterocycles. The summed E-state index contributed by atoms with van der Waals surface area (Å²) in [5.74, 6) is -8.16. The number of aliphatic hydroxyl groups excluding tert-OH is 2. The molecule has 5 rings (SSSR count). The van der Waals surface area contributed by atoms with Gasteiger partial charge in [0, 0.05) is 18.0 Å². The average molecular weight is 622 g/mol. The van der Waals surface area contributed by atoms with Gasteiger partial charge in [-0.05, 0) is 51.1 Å². The average Bonchev–Trinajstić information content (AvgIpc) is 3.32. The number of carboxylic acid groups (broad SMARTS) is 2. The summed E-state index contributed by atoms with van der Waals surface area (Å²) in [4.78, 5) is 62.3. The van der Waals surface area contributed by atoms with E-state index in [2.05, 4.69) is 0 Å². The van der Waals surface area contributed by atoms with Crippen LogP contribution in [0.25, 0.3) is 0 Å². The number of aliphatic carboxylic acids is 2. The number of piperidine rings is 1. The second kappa shape index (κ2) is 11.0. The van der Waals surface area contributed by atoms with Gasteiger partial charge in [0.2, 0.25) is 6.10 Å². The number of carboxylic acids is 2. The van der Waals surface area contributed by atoms with Crippen LogP contribution in [0.2, 0.25) is 0 Å². The largest absolute Gasteiger partial charge is 0.504 e. The van der Waals surface area contributed by atoms with E-state index in [1.165, 1.54) is 12.1 Å². The molecule has 2 aliphatic carbocycles. The molecule has 0 amide bonds. The van der Waals surface area contributed by atoms with E-state index in [0.717, 1.165) is 12.5 Å². The highest BCUT2D eigenvalue weighted by Gasteiger charge is 2.72. The summed E-state index contributed by atoms with van der Waals surface area (Å²) in [5, 5.41) is 60.0. The first-order valence-corrected chi connectivity index (χ1v) is 13.7. The van der Waals surface area contributed by atoms with Crippen molar-refractivity contribution in [3.63, 3.8) is 0 Å². The molecule has 1 fully saturated rings. The molecule has 1 saturated heterocycles. The lowest BCUT2D eigenvalue weighted by atomic mass is 9.50. The molecule has 1 spiro atoms. The molecule has 4 aliphatic rings. The number of esters is 3. The van der Waals surface area contributed by atoms with Crippen molar-refractivity contribution < 1.29 is 73.6 Å². The number of aliphatic hydroxyl groups is 3. The number of aromatic hydroxyl groups is 1. The van der Waals surface area contributed by atoms with E-state index in [4.69, 9.17) is 29.2 Å². The van der Waals surface area contributed by atoms with E-state index < -0.39 is 77.8 Å². The third-order valence-corrected chi connectivity index (χ3v) is 8.89. The van der Waals surface area contributed by atoms with Crippen molar-refractivity contribution in [2.45, 2.75) is 80.2 Å². The summed E-state index contributed by atoms with van der Waals surface area (Å²) in [6.07, 6.45) is -9.05. The summed E-state index contributed by atoms with van der Waals surface area (Å²) in [7, 11) is 1.89. The molecule has 2 bridgehead atoms. The Bertz CT molecular complexity index is 1460. The topological polar surface area (TPSA) is 247 Å². The quantitative estimate of drug-likeness (QED) is 0.126. The molecule has 16 heteroatoms. The SMILES string of the molecule is C[C@H](OC(=O)[C@H](CC(=O)OC1=CC[C@@]2(O)[C@@H]3Cc4ccc(O)c5c4[C@@]2(CCN3C)[C@H]1O5)OC(=O)[C@H](O)[C@@H](O)C(=O)O)C(=O)O. The number of likely N-dealkylation sites (tertiary alicyclic amines) is 1. The van der Waals surface area contributed by atoms with Gasteiger partial charge in [-0.15, -0.1) is 0 Å². The Morgan fingerprint density at radius 2 is 1.77 bits per heavy atom. The summed E-state index contributed by atoms with van der Waals surface area (Å²) in [6.45, 7) is 1.53. The van der Waals surface area contributed by atoms with Crippen LogP contribution in [-0.4, -0.2) is 121 Å². The lowest BCUT2D eigenvalue weighted by Crippen LogP contribution is -2.74. The summed E-state index contributed by atoms with van der Waals surface area (Å²) < 4.78 is 21.2. The number of phenolic OH excluding ortho intramolecular Hbond substituents is 1. The lowest BCUT2D eigenvalue weighted by Gasteiger charge is -2.61. The fourth-order valence-electron chi connectivity index (χ4n) is 6.71. The van der Waals surface area contributed by atoms with E-state index in [1.54, 1.807) is 6.07 Å². The normalized spacial score (nSPS) is 29.1. The zero-order valence-electron chi connectivity index (χ0n) is 23.5. The van der Waals surface area contributed by atoms with Gasteiger partial charge in [0.1, 0.15) is 5.76 Å². The Morgan fingerprint density at radius 1 is 1.07 bits per heavy atom. The molecule has 2 aliphatic heterocycles. The second-order valence-electron chi connectivity index (χ2n) is 11.4. The molecule has 44 heavy (non-hydrogen) atoms. The third-order valence-electron chi connectivity index (χ3n) is 8.89. The van der Waals surface area contributed by atoms with Crippen LogP contribution in [0.1, 0.15) is 37.3 Å². The molecule has 238 valence electrons. The molecular formula is C28H31NO15. The van der Waals surface area contributed by atoms with Crippen molar-refractivity contribution in [3.05, 3.63) is 35.1 Å². The van der Waals surface area contributed by atoms with Crippen LogP contribution in [-0.2, 0) is 50.0 Å². The first kappa shape index (κ1) is 31.2. The number of phenols is 1. The van der Waals surface area contributed by atoms with Crippen molar-refractivity contribution in [2.75, 3.05) is 13.6 Å². The number of carbonyl (C=O) groups is 5. The minimum absolute atomic E-state index is 0.0366. The molecular weight excluding hydrogens is 590 g/mol. The number of hydrogen-bond donors (Lipinski definition) is 6. The van der Waals surface area contributed by atoms with E-state index >= 15 is 0 Å². The number of rotatable bonds is 10. The highest BCUT2D eigenvalue weighted by atomic mass is 16.6. The van der Waals surface area contributed by atoms with Gasteiger partial charge >= 0.3 is 29.8 Å². The van der Waals surface area contributed by atoms with Crippen LogP contribution >= 0.6 is 0 Å². The first-order chi connectivity index (χ1) is 20.6. The van der Waals surface area contributed by atoms with Gasteiger partial charge in [0.05, 0.1) is 17.4 Å². The minimum atomic E-state index is -2.66. The third kappa shape index (κ3) is 4.74. The van der Waals surface area contributed by atoms with Crippen LogP contribution < -0.4 is 4.74 Å². The highest BCUT2D eigenvalue weighted by molar-refractivity contribution is 5.89. The minimum Gasteiger partial charge on any atom is -0.504 e. The maximum Gasteiger partial charge on any atom is 0.348 e. The number of hydrogen-bond acceptors (Lipinski definition) is 14. The molecule has 6 N–H and O–H groups in total. The number of likely N-dealkylation sites (N-methyl/N-ethyl adjacent to an activating group) is 1. The second-order valence-corrected chi connectivity index (χ2v) is 11.4. The number of nitrogens with zero attached hydrogens (tertiary/aromatic N) is 1. The Morgan fingerprint density at radius 3 is 2.43 bits per heavy atom. The van der Waals surface area contributed by atoms with Gasteiger partial charge in [-0.1, -0.05) is 6.07 Å². The van der Waals surface area contributed by atoms with Crippen molar-refractivity contribution >= 4 is 29.8 Å². The molecule has 8 atom stereocenters. The van der Waals surface area contributed by atoms with Gasteiger partial charge in [0.15, 0.2) is 35.9 Å². The predicted molar refractivity (Wildman–Crippen MR) is 140 cm³/mol. The summed E-state index contributed by atoms with van der Waals surface area (Å²) >= 11 is 0. The van der Waals surface area contributed by atoms with Gasteiger partial charge in [-0.2, -0.15) is 0 Å². The summed E-state index contributed by atoms with van der Waals surface area (Å²) in [5.41, 5.74) is -0.976. The van der Waals surface area contributed by atoms with E-state index in [9.17, 15) is 44.4 Å². The van der Waals surface area contributed by atoms with Crippen LogP contribution in [0.15, 0.2) is 24.0 Å². The molecule has 0 radical (unpaired) electrons. The fourth-order valence-corrected chi connectivity index (χ4v) is 6.71. The Kier molecular flexibility index (Phi) is 7.82. The van der Waals surface area contributed by atoms with Crippen molar-refractivity contribution in [3.8, 4) is 11.5 Å². The molecule has 0 unspecified atom stereocenters. The Labute approximate surface area is 249 Å². The van der Waals surface area contributed by atoms with Crippen LogP contribution in [0.3, 0.4) is 0 Å². The van der Waals surface area contributed by atoms with Crippen molar-refractivity contribution in [1.29, 1.82) is 0 Å². The van der Waals surface area contributed by atoms with Gasteiger partial charge in [-0.25, -0.2) is 19.2 Å². The van der Waals surface area contributed by atoms with E-state index in [-0.39, 0.29) is 29.7 Å². The van der Waals surface area contributed by atoms with Crippen LogP contribution in [0.4, 0.5) is 0 Å². The fraction of sp³-hybridized carbons (Fsp3) is 0.536. The zero-order chi connectivity index (χ0) is 32.3. The van der Waals surface area contributed by atoms with Gasteiger partial charge in [0.25, 0.3) is 0 Å². The maximum absolute atomic E-state index is 13.2. The molecule has 1 aromatic carbocycles.